The Morgan fingerprint density at radius 3 is 2.65 bits per heavy atom. The highest BCUT2D eigenvalue weighted by molar-refractivity contribution is 6.35. The van der Waals surface area contributed by atoms with Crippen LogP contribution in [0.1, 0.15) is 19.4 Å². The van der Waals surface area contributed by atoms with E-state index in [9.17, 15) is 4.79 Å². The molecular formula is C13H17ClN2O. The second kappa shape index (κ2) is 4.22. The molecule has 0 saturated carbocycles. The fourth-order valence-corrected chi connectivity index (χ4v) is 2.59. The molecule has 2 rings (SSSR count). The lowest BCUT2D eigenvalue weighted by Crippen LogP contribution is -2.48. The quantitative estimate of drug-likeness (QED) is 0.833. The predicted molar refractivity (Wildman–Crippen MR) is 71.8 cm³/mol. The minimum Gasteiger partial charge on any atom is -0.372 e. The zero-order chi connectivity index (χ0) is 12.7. The predicted octanol–water partition coefficient (Wildman–Crippen LogP) is 3.06. The first kappa shape index (κ1) is 12.2. The molecule has 1 amide bonds. The van der Waals surface area contributed by atoms with Gasteiger partial charge in [-0.05, 0) is 30.5 Å². The molecule has 0 spiro atoms. The lowest BCUT2D eigenvalue weighted by atomic mass is 9.98. The Balaban J connectivity index is 2.53. The Morgan fingerprint density at radius 1 is 1.41 bits per heavy atom. The Bertz CT molecular complexity index is 471. The lowest BCUT2D eigenvalue weighted by molar-refractivity contribution is -0.120. The van der Waals surface area contributed by atoms with Crippen LogP contribution < -0.4 is 10.2 Å². The summed E-state index contributed by atoms with van der Waals surface area (Å²) >= 11 is 6.20. The van der Waals surface area contributed by atoms with E-state index in [2.05, 4.69) is 5.32 Å². The Hall–Kier alpha value is -1.22. The van der Waals surface area contributed by atoms with Crippen LogP contribution in [0.4, 0.5) is 11.4 Å². The highest BCUT2D eigenvalue weighted by Crippen LogP contribution is 2.39. The minimum absolute atomic E-state index is 0.0678. The molecule has 1 unspecified atom stereocenters. The summed E-state index contributed by atoms with van der Waals surface area (Å²) in [5.41, 5.74) is 2.81. The molecule has 3 nitrogen and oxygen atoms in total. The van der Waals surface area contributed by atoms with Gasteiger partial charge >= 0.3 is 0 Å². The zero-order valence-corrected chi connectivity index (χ0v) is 11.3. The van der Waals surface area contributed by atoms with Gasteiger partial charge in [0.15, 0.2) is 0 Å². The highest BCUT2D eigenvalue weighted by atomic mass is 35.5. The summed E-state index contributed by atoms with van der Waals surface area (Å²) < 4.78 is 0. The van der Waals surface area contributed by atoms with Crippen LogP contribution in [0.2, 0.25) is 5.02 Å². The number of amides is 1. The molecule has 92 valence electrons. The van der Waals surface area contributed by atoms with E-state index in [0.717, 1.165) is 16.9 Å². The van der Waals surface area contributed by atoms with Crippen LogP contribution >= 0.6 is 11.6 Å². The third kappa shape index (κ3) is 2.00. The summed E-state index contributed by atoms with van der Waals surface area (Å²) in [5, 5.41) is 3.90. The van der Waals surface area contributed by atoms with Crippen molar-refractivity contribution in [2.75, 3.05) is 17.3 Å². The summed E-state index contributed by atoms with van der Waals surface area (Å²) in [6.07, 6.45) is 0. The van der Waals surface area contributed by atoms with Gasteiger partial charge in [0.05, 0.1) is 16.4 Å². The highest BCUT2D eigenvalue weighted by Gasteiger charge is 2.33. The fraction of sp³-hybridized carbons (Fsp3) is 0.462. The molecule has 0 fully saturated rings. The van der Waals surface area contributed by atoms with Crippen molar-refractivity contribution in [2.24, 2.45) is 5.92 Å². The van der Waals surface area contributed by atoms with E-state index < -0.39 is 0 Å². The third-order valence-electron chi connectivity index (χ3n) is 3.12. The fourth-order valence-electron chi connectivity index (χ4n) is 2.19. The lowest BCUT2D eigenvalue weighted by Gasteiger charge is -2.35. The number of halogens is 1. The molecule has 4 heteroatoms. The molecule has 1 aromatic rings. The number of carbonyl (C=O) groups is 1. The van der Waals surface area contributed by atoms with Crippen molar-refractivity contribution < 1.29 is 4.79 Å². The summed E-state index contributed by atoms with van der Waals surface area (Å²) in [5.74, 6) is 0.315. The van der Waals surface area contributed by atoms with Gasteiger partial charge in [0.2, 0.25) is 5.91 Å². The first-order valence-corrected chi connectivity index (χ1v) is 6.14. The molecule has 1 atom stereocenters. The van der Waals surface area contributed by atoms with Crippen LogP contribution in [0.5, 0.6) is 0 Å². The summed E-state index contributed by atoms with van der Waals surface area (Å²) in [7, 11) is 1.78. The molecule has 0 bridgehead atoms. The average molecular weight is 253 g/mol. The van der Waals surface area contributed by atoms with Crippen molar-refractivity contribution in [1.82, 2.24) is 0 Å². The molecule has 1 aromatic carbocycles. The monoisotopic (exact) mass is 252 g/mol. The number of rotatable bonds is 1. The van der Waals surface area contributed by atoms with E-state index >= 15 is 0 Å². The van der Waals surface area contributed by atoms with Crippen molar-refractivity contribution in [3.05, 3.63) is 22.7 Å². The zero-order valence-electron chi connectivity index (χ0n) is 10.5. The average Bonchev–Trinajstić information content (AvgIpc) is 2.21. The summed E-state index contributed by atoms with van der Waals surface area (Å²) in [6.45, 7) is 6.06. The van der Waals surface area contributed by atoms with Gasteiger partial charge in [0.1, 0.15) is 6.04 Å². The maximum Gasteiger partial charge on any atom is 0.249 e. The number of carbonyl (C=O) groups excluding carboxylic acids is 1. The molecule has 0 radical (unpaired) electrons. The van der Waals surface area contributed by atoms with Crippen LogP contribution in [0.15, 0.2) is 12.1 Å². The molecule has 1 N–H and O–H groups in total. The number of aryl methyl sites for hydroxylation is 1. The van der Waals surface area contributed by atoms with Crippen molar-refractivity contribution in [3.8, 4) is 0 Å². The number of fused-ring (bicyclic) bond motifs is 1. The minimum atomic E-state index is -0.176. The van der Waals surface area contributed by atoms with Gasteiger partial charge < -0.3 is 10.2 Å². The van der Waals surface area contributed by atoms with E-state index in [0.29, 0.717) is 5.02 Å². The van der Waals surface area contributed by atoms with Crippen molar-refractivity contribution in [1.29, 1.82) is 0 Å². The number of hydrogen-bond donors (Lipinski definition) is 1. The number of likely N-dealkylation sites (N-methyl/N-ethyl adjacent to an activating group) is 1. The van der Waals surface area contributed by atoms with E-state index in [1.807, 2.05) is 32.9 Å². The SMILES string of the molecule is Cc1cc(Cl)c2c(c1)NC(C(C)C)C(=O)N2C. The third-order valence-corrected chi connectivity index (χ3v) is 3.41. The summed E-state index contributed by atoms with van der Waals surface area (Å²) in [6, 6.07) is 3.73. The second-order valence-electron chi connectivity index (χ2n) is 4.91. The Kier molecular flexibility index (Phi) is 3.04. The molecule has 0 aromatic heterocycles. The Labute approximate surface area is 107 Å². The molecule has 1 heterocycles. The molecular weight excluding hydrogens is 236 g/mol. The maximum atomic E-state index is 12.2. The molecule has 1 aliphatic rings. The van der Waals surface area contributed by atoms with Crippen LogP contribution in [0.25, 0.3) is 0 Å². The van der Waals surface area contributed by atoms with Crippen molar-refractivity contribution in [2.45, 2.75) is 26.8 Å². The number of benzene rings is 1. The van der Waals surface area contributed by atoms with E-state index in [1.54, 1.807) is 11.9 Å². The van der Waals surface area contributed by atoms with E-state index in [1.165, 1.54) is 0 Å². The van der Waals surface area contributed by atoms with Crippen LogP contribution in [0.3, 0.4) is 0 Å². The van der Waals surface area contributed by atoms with Gasteiger partial charge in [0, 0.05) is 7.05 Å². The first-order chi connectivity index (χ1) is 7.91. The van der Waals surface area contributed by atoms with Gasteiger partial charge in [-0.3, -0.25) is 4.79 Å². The maximum absolute atomic E-state index is 12.2. The van der Waals surface area contributed by atoms with Gasteiger partial charge in [-0.2, -0.15) is 0 Å². The first-order valence-electron chi connectivity index (χ1n) is 5.76. The number of anilines is 2. The van der Waals surface area contributed by atoms with Gasteiger partial charge in [-0.1, -0.05) is 25.4 Å². The van der Waals surface area contributed by atoms with Crippen LogP contribution in [-0.4, -0.2) is 19.0 Å². The normalized spacial score (nSPS) is 19.3. The van der Waals surface area contributed by atoms with Crippen LogP contribution in [0, 0.1) is 12.8 Å². The van der Waals surface area contributed by atoms with Crippen molar-refractivity contribution >= 4 is 28.9 Å². The second-order valence-corrected chi connectivity index (χ2v) is 5.31. The molecule has 0 saturated heterocycles. The number of nitrogens with one attached hydrogen (secondary N) is 1. The molecule has 17 heavy (non-hydrogen) atoms. The molecule has 0 aliphatic carbocycles. The van der Waals surface area contributed by atoms with E-state index in [-0.39, 0.29) is 17.9 Å². The van der Waals surface area contributed by atoms with Gasteiger partial charge in [0.25, 0.3) is 0 Å². The summed E-state index contributed by atoms with van der Waals surface area (Å²) in [4.78, 5) is 13.8. The largest absolute Gasteiger partial charge is 0.372 e. The Morgan fingerprint density at radius 2 is 2.06 bits per heavy atom. The standard InChI is InChI=1S/C13H17ClN2O/c1-7(2)11-13(17)16(4)12-9(14)5-8(3)6-10(12)15-11/h5-7,11,15H,1-4H3. The topological polar surface area (TPSA) is 32.3 Å². The molecule has 1 aliphatic heterocycles. The smallest absolute Gasteiger partial charge is 0.249 e. The van der Waals surface area contributed by atoms with Crippen LogP contribution in [-0.2, 0) is 4.79 Å². The number of nitrogens with zero attached hydrogens (tertiary/aromatic N) is 1. The van der Waals surface area contributed by atoms with Gasteiger partial charge in [-0.25, -0.2) is 0 Å². The van der Waals surface area contributed by atoms with Gasteiger partial charge in [-0.15, -0.1) is 0 Å². The van der Waals surface area contributed by atoms with Crippen molar-refractivity contribution in [3.63, 3.8) is 0 Å². The number of hydrogen-bond acceptors (Lipinski definition) is 2. The van der Waals surface area contributed by atoms with E-state index in [4.69, 9.17) is 11.6 Å².